The molecule has 0 aliphatic carbocycles. The first-order valence-corrected chi connectivity index (χ1v) is 5.74. The van der Waals surface area contributed by atoms with Gasteiger partial charge < -0.3 is 20.4 Å². The maximum absolute atomic E-state index is 10.9. The first-order chi connectivity index (χ1) is 7.93. The van der Waals surface area contributed by atoms with E-state index in [0.717, 1.165) is 0 Å². The van der Waals surface area contributed by atoms with Crippen molar-refractivity contribution in [3.05, 3.63) is 0 Å². The largest absolute Gasteiger partial charge is 0.481 e. The zero-order chi connectivity index (χ0) is 13.3. The van der Waals surface area contributed by atoms with Crippen LogP contribution in [-0.4, -0.2) is 38.7 Å². The molecule has 0 spiro atoms. The summed E-state index contributed by atoms with van der Waals surface area (Å²) in [6.45, 7) is 0. The van der Waals surface area contributed by atoms with E-state index in [1.807, 2.05) is 0 Å². The second kappa shape index (κ2) is 8.95. The van der Waals surface area contributed by atoms with Crippen LogP contribution in [0, 0.1) is 5.92 Å². The smallest absolute Gasteiger partial charge is 0.306 e. The minimum atomic E-state index is -1.39. The van der Waals surface area contributed by atoms with Crippen LogP contribution >= 0.6 is 0 Å². The first-order valence-electron chi connectivity index (χ1n) is 5.74. The van der Waals surface area contributed by atoms with Gasteiger partial charge in [0.15, 0.2) is 6.29 Å². The van der Waals surface area contributed by atoms with Gasteiger partial charge in [0.05, 0.1) is 5.92 Å². The van der Waals surface area contributed by atoms with E-state index in [2.05, 4.69) is 0 Å². The van der Waals surface area contributed by atoms with Gasteiger partial charge in [-0.15, -0.1) is 0 Å². The molecule has 0 aromatic carbocycles. The van der Waals surface area contributed by atoms with Crippen molar-refractivity contribution in [3.63, 3.8) is 0 Å². The van der Waals surface area contributed by atoms with Gasteiger partial charge in [0.1, 0.15) is 0 Å². The van der Waals surface area contributed by atoms with Crippen LogP contribution in [0.5, 0.6) is 0 Å². The predicted octanol–water partition coefficient (Wildman–Crippen LogP) is 0.813. The molecule has 0 rings (SSSR count). The number of unbranched alkanes of at least 4 members (excludes halogenated alkanes) is 1. The van der Waals surface area contributed by atoms with Crippen LogP contribution < -0.4 is 0 Å². The minimum Gasteiger partial charge on any atom is -0.481 e. The van der Waals surface area contributed by atoms with E-state index in [9.17, 15) is 9.59 Å². The average Bonchev–Trinajstić information content (AvgIpc) is 2.20. The summed E-state index contributed by atoms with van der Waals surface area (Å²) in [4.78, 5) is 21.1. The first kappa shape index (κ1) is 15.9. The predicted molar refractivity (Wildman–Crippen MR) is 59.3 cm³/mol. The number of carbonyl (C=O) groups is 2. The van der Waals surface area contributed by atoms with Crippen molar-refractivity contribution in [1.29, 1.82) is 0 Å². The molecule has 0 aliphatic rings. The van der Waals surface area contributed by atoms with Crippen LogP contribution in [0.4, 0.5) is 0 Å². The third kappa shape index (κ3) is 9.77. The van der Waals surface area contributed by atoms with Crippen molar-refractivity contribution in [2.45, 2.75) is 51.2 Å². The average molecular weight is 248 g/mol. The molecule has 1 atom stereocenters. The Kier molecular flexibility index (Phi) is 8.35. The van der Waals surface area contributed by atoms with Crippen molar-refractivity contribution in [1.82, 2.24) is 0 Å². The summed E-state index contributed by atoms with van der Waals surface area (Å²) in [5, 5.41) is 34.6. The Morgan fingerprint density at radius 1 is 0.882 bits per heavy atom. The molecule has 100 valence electrons. The molecule has 0 fully saturated rings. The molecule has 0 heterocycles. The lowest BCUT2D eigenvalue weighted by atomic mass is 9.95. The van der Waals surface area contributed by atoms with E-state index >= 15 is 0 Å². The Morgan fingerprint density at radius 3 is 1.94 bits per heavy atom. The highest BCUT2D eigenvalue weighted by atomic mass is 16.5. The van der Waals surface area contributed by atoms with E-state index in [1.165, 1.54) is 0 Å². The summed E-state index contributed by atoms with van der Waals surface area (Å²) in [7, 11) is 0. The molecule has 0 aromatic rings. The molecule has 0 amide bonds. The van der Waals surface area contributed by atoms with Gasteiger partial charge in [-0.2, -0.15) is 0 Å². The molecule has 0 bridgehead atoms. The number of carboxylic acids is 2. The summed E-state index contributed by atoms with van der Waals surface area (Å²) < 4.78 is 0. The Labute approximate surface area is 99.9 Å². The maximum Gasteiger partial charge on any atom is 0.306 e. The number of rotatable bonds is 10. The van der Waals surface area contributed by atoms with Gasteiger partial charge in [-0.05, 0) is 32.1 Å². The summed E-state index contributed by atoms with van der Waals surface area (Å²) >= 11 is 0. The Hall–Kier alpha value is -1.14. The Bertz CT molecular complexity index is 238. The standard InChI is InChI=1S/C11H20O6/c12-9(13)6-2-1-4-8(11(16)17)5-3-7-10(14)15/h8,10,14-15H,1-7H2,(H,12,13)(H,16,17). The fourth-order valence-corrected chi connectivity index (χ4v) is 1.61. The summed E-state index contributed by atoms with van der Waals surface area (Å²) in [5.74, 6) is -2.31. The highest BCUT2D eigenvalue weighted by Gasteiger charge is 2.17. The number of hydrogen-bond acceptors (Lipinski definition) is 4. The molecule has 0 radical (unpaired) electrons. The van der Waals surface area contributed by atoms with Crippen LogP contribution in [-0.2, 0) is 9.59 Å². The van der Waals surface area contributed by atoms with Crippen LogP contribution in [0.1, 0.15) is 44.9 Å². The van der Waals surface area contributed by atoms with Crippen LogP contribution in [0.25, 0.3) is 0 Å². The van der Waals surface area contributed by atoms with Crippen LogP contribution in [0.15, 0.2) is 0 Å². The Morgan fingerprint density at radius 2 is 1.47 bits per heavy atom. The van der Waals surface area contributed by atoms with E-state index in [1.54, 1.807) is 0 Å². The van der Waals surface area contributed by atoms with Crippen molar-refractivity contribution < 1.29 is 30.0 Å². The quantitative estimate of drug-likeness (QED) is 0.336. The summed E-state index contributed by atoms with van der Waals surface area (Å²) in [5.41, 5.74) is 0. The molecule has 0 saturated heterocycles. The number of hydrogen-bond donors (Lipinski definition) is 4. The molecule has 0 aromatic heterocycles. The Balaban J connectivity index is 3.75. The number of carboxylic acid groups (broad SMARTS) is 2. The van der Waals surface area contributed by atoms with Crippen molar-refractivity contribution in [3.8, 4) is 0 Å². The zero-order valence-corrected chi connectivity index (χ0v) is 9.71. The second-order valence-corrected chi connectivity index (χ2v) is 4.09. The number of aliphatic carboxylic acids is 2. The highest BCUT2D eigenvalue weighted by molar-refractivity contribution is 5.69. The topological polar surface area (TPSA) is 115 Å². The van der Waals surface area contributed by atoms with Crippen LogP contribution in [0.3, 0.4) is 0 Å². The van der Waals surface area contributed by atoms with E-state index in [4.69, 9.17) is 20.4 Å². The third-order valence-electron chi connectivity index (χ3n) is 2.56. The normalized spacial score (nSPS) is 12.6. The molecule has 6 heteroatoms. The molecule has 17 heavy (non-hydrogen) atoms. The van der Waals surface area contributed by atoms with Crippen molar-refractivity contribution in [2.24, 2.45) is 5.92 Å². The van der Waals surface area contributed by atoms with Gasteiger partial charge in [0, 0.05) is 6.42 Å². The molecule has 0 saturated carbocycles. The molecular weight excluding hydrogens is 228 g/mol. The lowest BCUT2D eigenvalue weighted by molar-refractivity contribution is -0.142. The monoisotopic (exact) mass is 248 g/mol. The van der Waals surface area contributed by atoms with Gasteiger partial charge in [-0.3, -0.25) is 9.59 Å². The zero-order valence-electron chi connectivity index (χ0n) is 9.71. The summed E-state index contributed by atoms with van der Waals surface area (Å²) in [6, 6.07) is 0. The lowest BCUT2D eigenvalue weighted by Gasteiger charge is -2.12. The minimum absolute atomic E-state index is 0.0572. The molecule has 6 nitrogen and oxygen atoms in total. The van der Waals surface area contributed by atoms with Gasteiger partial charge >= 0.3 is 11.9 Å². The highest BCUT2D eigenvalue weighted by Crippen LogP contribution is 2.17. The van der Waals surface area contributed by atoms with E-state index in [-0.39, 0.29) is 12.8 Å². The van der Waals surface area contributed by atoms with E-state index < -0.39 is 24.1 Å². The summed E-state index contributed by atoms with van der Waals surface area (Å²) in [6.07, 6.45) is 1.13. The number of aliphatic hydroxyl groups excluding tert-OH is 1. The van der Waals surface area contributed by atoms with E-state index in [0.29, 0.717) is 32.1 Å². The van der Waals surface area contributed by atoms with Gasteiger partial charge in [0.25, 0.3) is 0 Å². The van der Waals surface area contributed by atoms with Crippen LogP contribution in [0.2, 0.25) is 0 Å². The fourth-order valence-electron chi connectivity index (χ4n) is 1.61. The van der Waals surface area contributed by atoms with Crippen molar-refractivity contribution in [2.75, 3.05) is 0 Å². The molecule has 1 unspecified atom stereocenters. The molecular formula is C11H20O6. The molecule has 0 aliphatic heterocycles. The lowest BCUT2D eigenvalue weighted by Crippen LogP contribution is -2.15. The third-order valence-corrected chi connectivity index (χ3v) is 2.56. The van der Waals surface area contributed by atoms with Gasteiger partial charge in [-0.1, -0.05) is 6.42 Å². The SMILES string of the molecule is O=C(O)CCCCC(CCCC(O)O)C(=O)O. The fraction of sp³-hybridized carbons (Fsp3) is 0.818. The number of aliphatic hydroxyl groups is 2. The van der Waals surface area contributed by atoms with Crippen molar-refractivity contribution >= 4 is 11.9 Å². The second-order valence-electron chi connectivity index (χ2n) is 4.09. The van der Waals surface area contributed by atoms with Gasteiger partial charge in [0.2, 0.25) is 0 Å². The van der Waals surface area contributed by atoms with Gasteiger partial charge in [-0.25, -0.2) is 0 Å². The maximum atomic E-state index is 10.9. The molecule has 4 N–H and O–H groups in total.